The quantitative estimate of drug-likeness (QED) is 0.315. The van der Waals surface area contributed by atoms with Crippen LogP contribution in [0.5, 0.6) is 0 Å². The van der Waals surface area contributed by atoms with E-state index in [1.54, 1.807) is 27.8 Å². The Balaban J connectivity index is 0.00000186. The molecule has 3 atom stereocenters. The summed E-state index contributed by atoms with van der Waals surface area (Å²) in [5, 5.41) is 0. The van der Waals surface area contributed by atoms with Gasteiger partial charge in [0.25, 0.3) is 0 Å². The van der Waals surface area contributed by atoms with Gasteiger partial charge in [0.15, 0.2) is 0 Å². The van der Waals surface area contributed by atoms with Gasteiger partial charge in [-0.1, -0.05) is 0 Å². The molecule has 0 heterocycles. The number of halogens is 2. The van der Waals surface area contributed by atoms with Crippen LogP contribution in [0.3, 0.4) is 0 Å². The number of allylic oxidation sites excluding steroid dienone is 10. The van der Waals surface area contributed by atoms with E-state index in [0.29, 0.717) is 0 Å². The molecule has 0 aromatic heterocycles. The Morgan fingerprint density at radius 1 is 0.717 bits per heavy atom. The maximum atomic E-state index is 2.59. The molecule has 0 saturated heterocycles. The molecule has 0 nitrogen and oxygen atoms in total. The summed E-state index contributed by atoms with van der Waals surface area (Å²) in [5.41, 5.74) is 13.2. The van der Waals surface area contributed by atoms with Crippen LogP contribution in [0.25, 0.3) is 5.57 Å². The minimum Gasteiger partial charge on any atom is -1.00 e. The summed E-state index contributed by atoms with van der Waals surface area (Å²) in [7, 11) is 0. The van der Waals surface area contributed by atoms with E-state index in [2.05, 4.69) is 115 Å². The smallest absolute Gasteiger partial charge is 1.00 e. The van der Waals surface area contributed by atoms with Gasteiger partial charge in [-0.05, 0) is 0 Å². The second-order valence-corrected chi connectivity index (χ2v) is 20.7. The molecule has 0 bridgehead atoms. The molecule has 3 aromatic carbocycles. The number of benzene rings is 3. The van der Waals surface area contributed by atoms with E-state index in [-0.39, 0.29) is 24.8 Å². The largest absolute Gasteiger partial charge is 1.00 e. The Labute approximate surface area is 296 Å². The first kappa shape index (κ1) is 33.6. The van der Waals surface area contributed by atoms with Gasteiger partial charge in [-0.3, -0.25) is 0 Å². The van der Waals surface area contributed by atoms with Crippen LogP contribution in [0.1, 0.15) is 73.6 Å². The van der Waals surface area contributed by atoms with Gasteiger partial charge in [0, 0.05) is 0 Å². The van der Waals surface area contributed by atoms with Gasteiger partial charge in [0.1, 0.15) is 0 Å². The second-order valence-electron chi connectivity index (χ2n) is 13.6. The first-order valence-electron chi connectivity index (χ1n) is 17.2. The zero-order valence-electron chi connectivity index (χ0n) is 26.7. The second kappa shape index (κ2) is 15.3. The first-order chi connectivity index (χ1) is 21.8. The van der Waals surface area contributed by atoms with E-state index in [1.807, 2.05) is 12.1 Å². The Morgan fingerprint density at radius 2 is 1.41 bits per heavy atom. The normalized spacial score (nSPS) is 22.0. The van der Waals surface area contributed by atoms with Crippen LogP contribution < -0.4 is 24.8 Å². The summed E-state index contributed by atoms with van der Waals surface area (Å²) < 4.78 is 4.68. The van der Waals surface area contributed by atoms with Gasteiger partial charge in [0.05, 0.1) is 0 Å². The fourth-order valence-corrected chi connectivity index (χ4v) is 19.1. The van der Waals surface area contributed by atoms with Crippen molar-refractivity contribution in [3.05, 3.63) is 158 Å². The molecule has 8 rings (SSSR count). The van der Waals surface area contributed by atoms with E-state index in [9.17, 15) is 0 Å². The molecule has 0 spiro atoms. The fourth-order valence-electron chi connectivity index (χ4n) is 9.27. The van der Waals surface area contributed by atoms with Crippen molar-refractivity contribution in [1.82, 2.24) is 0 Å². The summed E-state index contributed by atoms with van der Waals surface area (Å²) >= 11 is -2.26. The third kappa shape index (κ3) is 6.55. The summed E-state index contributed by atoms with van der Waals surface area (Å²) in [6, 6.07) is 32.0. The number of hydrogen-bond acceptors (Lipinski definition) is 0. The zero-order valence-corrected chi connectivity index (χ0v) is 30.7. The van der Waals surface area contributed by atoms with Crippen molar-refractivity contribution in [3.63, 3.8) is 0 Å². The standard InChI is InChI=1S/C21H21.C17H18.C5H5.2ClH.Zr/c1-2-8-15-14(7-1)13-20-18-11-4-3-9-16(18)17-10-5-6-12-19(17)21(15)20;1-4-10-16(11-5-1)14-8-3-9-15-17-12-6-2-7-13-17;1-2-4-5-3-1;;;/h1-2,6-8,11-12,16-17H,3-5,9-10,13H2;1-2,4-7,10-13H,8-9,14-15H2;1-3H,4H2;2*1H;/q;;;;;+2/p-2. The van der Waals surface area contributed by atoms with Gasteiger partial charge in [-0.25, -0.2) is 0 Å². The van der Waals surface area contributed by atoms with Crippen LogP contribution >= 0.6 is 0 Å². The molecule has 234 valence electrons. The van der Waals surface area contributed by atoms with E-state index < -0.39 is 21.3 Å². The molecule has 3 aromatic rings. The molecule has 3 heteroatoms. The number of rotatable bonds is 8. The molecule has 1 fully saturated rings. The van der Waals surface area contributed by atoms with Crippen molar-refractivity contribution in [3.8, 4) is 0 Å². The van der Waals surface area contributed by atoms with Gasteiger partial charge in [-0.15, -0.1) is 0 Å². The molecule has 0 radical (unpaired) electrons. The van der Waals surface area contributed by atoms with Crippen LogP contribution in [-0.4, -0.2) is 3.21 Å². The van der Waals surface area contributed by atoms with Crippen molar-refractivity contribution >= 4 is 8.78 Å². The molecule has 0 N–H and O–H groups in total. The van der Waals surface area contributed by atoms with Crippen molar-refractivity contribution in [2.75, 3.05) is 0 Å². The predicted molar refractivity (Wildman–Crippen MR) is 183 cm³/mol. The van der Waals surface area contributed by atoms with Crippen LogP contribution in [0.4, 0.5) is 0 Å². The monoisotopic (exact) mass is 720 g/mol. The molecule has 0 amide bonds. The number of aryl methyl sites for hydroxylation is 2. The maximum absolute atomic E-state index is 2.59. The minimum atomic E-state index is -2.26. The SMILES string of the molecule is C1=CC[C]([Zr+2](=[C](CCc2ccccc2)CCc2ccccc2)[CH]2CCCC3C2=C2Cc4ccccc4C2=C2C=CCCC23)=C1.[Cl-].[Cl-]. The predicted octanol–water partition coefficient (Wildman–Crippen LogP) is 4.77. The van der Waals surface area contributed by atoms with Crippen LogP contribution in [0.15, 0.2) is 135 Å². The third-order valence-corrected chi connectivity index (χ3v) is 20.1. The van der Waals surface area contributed by atoms with Crippen LogP contribution in [0.2, 0.25) is 3.63 Å². The van der Waals surface area contributed by atoms with Crippen molar-refractivity contribution in [2.24, 2.45) is 11.8 Å². The van der Waals surface area contributed by atoms with Gasteiger partial charge < -0.3 is 24.8 Å². The maximum Gasteiger partial charge on any atom is -1.00 e. The zero-order chi connectivity index (χ0) is 29.3. The van der Waals surface area contributed by atoms with Crippen molar-refractivity contribution in [1.29, 1.82) is 0 Å². The van der Waals surface area contributed by atoms with Gasteiger partial charge in [0.2, 0.25) is 0 Å². The molecule has 5 aliphatic carbocycles. The molecular formula is C43H44Cl2Zr. The summed E-state index contributed by atoms with van der Waals surface area (Å²) in [6.07, 6.45) is 26.6. The van der Waals surface area contributed by atoms with E-state index in [0.717, 1.165) is 21.9 Å². The topological polar surface area (TPSA) is 0 Å². The summed E-state index contributed by atoms with van der Waals surface area (Å²) in [4.78, 5) is 0. The molecule has 5 aliphatic rings. The molecular weight excluding hydrogens is 679 g/mol. The first-order valence-corrected chi connectivity index (χ1v) is 21.1. The minimum absolute atomic E-state index is 0. The van der Waals surface area contributed by atoms with Crippen LogP contribution in [0, 0.1) is 11.8 Å². The van der Waals surface area contributed by atoms with Crippen LogP contribution in [-0.2, 0) is 40.5 Å². The van der Waals surface area contributed by atoms with Crippen molar-refractivity contribution in [2.45, 2.75) is 74.3 Å². The third-order valence-electron chi connectivity index (χ3n) is 11.2. The van der Waals surface area contributed by atoms with E-state index in [4.69, 9.17) is 0 Å². The average molecular weight is 723 g/mol. The van der Waals surface area contributed by atoms with E-state index in [1.165, 1.54) is 75.3 Å². The molecule has 3 unspecified atom stereocenters. The summed E-state index contributed by atoms with van der Waals surface area (Å²) in [5.74, 6) is 1.48. The fraction of sp³-hybridized carbons (Fsp3) is 0.326. The Hall–Kier alpha value is -2.31. The summed E-state index contributed by atoms with van der Waals surface area (Å²) in [6.45, 7) is 0. The number of hydrogen-bond donors (Lipinski definition) is 0. The molecule has 0 aliphatic heterocycles. The Morgan fingerprint density at radius 3 is 2.11 bits per heavy atom. The van der Waals surface area contributed by atoms with E-state index >= 15 is 0 Å². The molecule has 1 saturated carbocycles. The molecule has 46 heavy (non-hydrogen) atoms. The Bertz CT molecular complexity index is 1690. The van der Waals surface area contributed by atoms with Crippen molar-refractivity contribution < 1.29 is 46.1 Å². The number of fused-ring (bicyclic) bond motifs is 6. The van der Waals surface area contributed by atoms with Gasteiger partial charge in [-0.2, -0.15) is 0 Å². The average Bonchev–Trinajstić information content (AvgIpc) is 3.76. The van der Waals surface area contributed by atoms with Gasteiger partial charge >= 0.3 is 274 Å². The Kier molecular flexibility index (Phi) is 11.2.